The van der Waals surface area contributed by atoms with Gasteiger partial charge in [0, 0.05) is 0 Å². The van der Waals surface area contributed by atoms with Gasteiger partial charge < -0.3 is 0 Å². The van der Waals surface area contributed by atoms with Crippen molar-refractivity contribution >= 4 is 0 Å². The van der Waals surface area contributed by atoms with Crippen molar-refractivity contribution in [3.63, 3.8) is 0 Å². The maximum Gasteiger partial charge on any atom is 0.128 e. The van der Waals surface area contributed by atoms with E-state index in [-0.39, 0.29) is 0 Å². The zero-order chi connectivity index (χ0) is 16.1. The van der Waals surface area contributed by atoms with Crippen LogP contribution < -0.4 is 0 Å². The molecular weight excluding hydrogens is 280 g/mol. The van der Waals surface area contributed by atoms with Gasteiger partial charge in [0.25, 0.3) is 0 Å². The van der Waals surface area contributed by atoms with Gasteiger partial charge in [-0.1, -0.05) is 17.6 Å². The van der Waals surface area contributed by atoms with E-state index in [2.05, 4.69) is 12.1 Å². The molecule has 0 heterocycles. The summed E-state index contributed by atoms with van der Waals surface area (Å²) in [6, 6.07) is 4.14. The fourth-order valence-corrected chi connectivity index (χ4v) is 5.04. The summed E-state index contributed by atoms with van der Waals surface area (Å²) in [4.78, 5) is 0. The summed E-state index contributed by atoms with van der Waals surface area (Å²) in [6.45, 7) is 0. The Morgan fingerprint density at radius 2 is 1.13 bits per heavy atom. The minimum atomic E-state index is 0.386. The van der Waals surface area contributed by atoms with Crippen LogP contribution in [0.5, 0.6) is 0 Å². The van der Waals surface area contributed by atoms with Crippen LogP contribution in [0.4, 0.5) is 0 Å². The molecule has 0 spiro atoms. The Labute approximate surface area is 140 Å². The summed E-state index contributed by atoms with van der Waals surface area (Å²) in [5, 5.41) is 18.0. The van der Waals surface area contributed by atoms with Gasteiger partial charge in [0.2, 0.25) is 0 Å². The van der Waals surface area contributed by atoms with Crippen LogP contribution in [0.25, 0.3) is 0 Å². The molecule has 2 heteroatoms. The zero-order valence-electron chi connectivity index (χ0n) is 14.2. The van der Waals surface area contributed by atoms with Gasteiger partial charge in [0.1, 0.15) is 17.7 Å². The van der Waals surface area contributed by atoms with Crippen LogP contribution in [0, 0.1) is 34.5 Å². The third kappa shape index (κ3) is 3.87. The van der Waals surface area contributed by atoms with Gasteiger partial charge in [0.05, 0.1) is 0 Å². The Hall–Kier alpha value is -1.54. The molecule has 3 saturated carbocycles. The van der Waals surface area contributed by atoms with Gasteiger partial charge >= 0.3 is 0 Å². The van der Waals surface area contributed by atoms with Gasteiger partial charge in [-0.3, -0.25) is 0 Å². The molecule has 0 unspecified atom stereocenters. The Morgan fingerprint density at radius 1 is 0.652 bits per heavy atom. The smallest absolute Gasteiger partial charge is 0.128 e. The minimum absolute atomic E-state index is 0.386. The summed E-state index contributed by atoms with van der Waals surface area (Å²) in [5.74, 6) is 1.72. The Balaban J connectivity index is 1.53. The average molecular weight is 308 g/mol. The van der Waals surface area contributed by atoms with Gasteiger partial charge in [-0.2, -0.15) is 10.5 Å². The maximum atomic E-state index is 9.01. The van der Waals surface area contributed by atoms with E-state index < -0.39 is 0 Å². The number of rotatable bonds is 1. The quantitative estimate of drug-likeness (QED) is 0.442. The lowest BCUT2D eigenvalue weighted by atomic mass is 9.70. The van der Waals surface area contributed by atoms with Crippen LogP contribution in [-0.4, -0.2) is 0 Å². The second-order valence-electron chi connectivity index (χ2n) is 7.64. The number of hydrogen-bond acceptors (Lipinski definition) is 2. The molecule has 0 N–H and O–H groups in total. The van der Waals surface area contributed by atoms with Crippen LogP contribution in [0.15, 0.2) is 22.3 Å². The third-order valence-corrected chi connectivity index (χ3v) is 6.47. The summed E-state index contributed by atoms with van der Waals surface area (Å²) in [5.41, 5.74) is 5.13. The van der Waals surface area contributed by atoms with Crippen molar-refractivity contribution in [3.8, 4) is 12.1 Å². The summed E-state index contributed by atoms with van der Waals surface area (Å²) in [7, 11) is 0. The molecule has 0 amide bonds. The van der Waals surface area contributed by atoms with Crippen molar-refractivity contribution in [1.29, 1.82) is 10.5 Å². The predicted molar refractivity (Wildman–Crippen MR) is 92.3 cm³/mol. The monoisotopic (exact) mass is 308 g/mol. The number of nitrogens with zero attached hydrogens (tertiary/aromatic N) is 2. The Bertz CT molecular complexity index is 538. The average Bonchev–Trinajstić information content (AvgIpc) is 2.64. The molecule has 0 saturated heterocycles. The molecule has 3 aliphatic rings. The van der Waals surface area contributed by atoms with Crippen LogP contribution in [0.1, 0.15) is 83.5 Å². The molecule has 0 radical (unpaired) electrons. The maximum absolute atomic E-state index is 9.01. The van der Waals surface area contributed by atoms with Crippen LogP contribution in [-0.2, 0) is 0 Å². The van der Waals surface area contributed by atoms with Gasteiger partial charge in [0.15, 0.2) is 0 Å². The molecule has 0 aromatic carbocycles. The highest BCUT2D eigenvalue weighted by molar-refractivity contribution is 5.40. The molecule has 3 fully saturated rings. The fourth-order valence-electron chi connectivity index (χ4n) is 5.04. The molecule has 3 aliphatic carbocycles. The van der Waals surface area contributed by atoms with E-state index in [1.807, 2.05) is 11.1 Å². The molecule has 3 rings (SSSR count). The topological polar surface area (TPSA) is 47.6 Å². The lowest BCUT2D eigenvalue weighted by Crippen LogP contribution is -2.22. The summed E-state index contributed by atoms with van der Waals surface area (Å²) in [6.07, 6.45) is 16.8. The van der Waals surface area contributed by atoms with E-state index in [0.29, 0.717) is 5.57 Å². The largest absolute Gasteiger partial charge is 0.192 e. The Morgan fingerprint density at radius 3 is 1.65 bits per heavy atom. The number of nitriles is 2. The predicted octanol–water partition coefficient (Wildman–Crippen LogP) is 5.97. The van der Waals surface area contributed by atoms with E-state index in [9.17, 15) is 0 Å². The molecule has 0 aromatic rings. The molecule has 0 aliphatic heterocycles. The van der Waals surface area contributed by atoms with E-state index in [1.165, 1.54) is 70.6 Å². The highest BCUT2D eigenvalue weighted by atomic mass is 14.4. The van der Waals surface area contributed by atoms with Crippen molar-refractivity contribution in [2.24, 2.45) is 11.8 Å². The number of hydrogen-bond donors (Lipinski definition) is 0. The highest BCUT2D eigenvalue weighted by Crippen LogP contribution is 2.43. The van der Waals surface area contributed by atoms with Crippen molar-refractivity contribution in [3.05, 3.63) is 22.3 Å². The SMILES string of the molecule is N#CC(C#N)=C1CCC(C2CCC(=C3CCCCC3)CC2)CC1. The Kier molecular flexibility index (Phi) is 5.56. The standard InChI is InChI=1S/C21H28N2/c22-14-21(15-23)20-12-10-19(11-13-20)18-8-6-17(7-9-18)16-4-2-1-3-5-16/h18-19H,1-13H2. The second kappa shape index (κ2) is 7.83. The summed E-state index contributed by atoms with van der Waals surface area (Å²) >= 11 is 0. The molecule has 0 aromatic heterocycles. The number of allylic oxidation sites excluding steroid dienone is 4. The molecule has 2 nitrogen and oxygen atoms in total. The highest BCUT2D eigenvalue weighted by Gasteiger charge is 2.29. The van der Waals surface area contributed by atoms with Crippen molar-refractivity contribution in [1.82, 2.24) is 0 Å². The molecule has 0 atom stereocenters. The molecule has 23 heavy (non-hydrogen) atoms. The third-order valence-electron chi connectivity index (χ3n) is 6.47. The lowest BCUT2D eigenvalue weighted by Gasteiger charge is -2.35. The second-order valence-corrected chi connectivity index (χ2v) is 7.64. The van der Waals surface area contributed by atoms with Gasteiger partial charge in [-0.05, 0) is 94.5 Å². The van der Waals surface area contributed by atoms with E-state index in [1.54, 1.807) is 0 Å². The van der Waals surface area contributed by atoms with Crippen molar-refractivity contribution < 1.29 is 0 Å². The first-order chi connectivity index (χ1) is 11.3. The van der Waals surface area contributed by atoms with Crippen LogP contribution >= 0.6 is 0 Å². The molecule has 0 bridgehead atoms. The molecule has 122 valence electrons. The van der Waals surface area contributed by atoms with Crippen LogP contribution in [0.3, 0.4) is 0 Å². The normalized spacial score (nSPS) is 28.9. The minimum Gasteiger partial charge on any atom is -0.192 e. The van der Waals surface area contributed by atoms with Crippen molar-refractivity contribution in [2.45, 2.75) is 83.5 Å². The van der Waals surface area contributed by atoms with Gasteiger partial charge in [-0.25, -0.2) is 0 Å². The van der Waals surface area contributed by atoms with Gasteiger partial charge in [-0.15, -0.1) is 0 Å². The fraction of sp³-hybridized carbons (Fsp3) is 0.714. The van der Waals surface area contributed by atoms with E-state index >= 15 is 0 Å². The van der Waals surface area contributed by atoms with E-state index in [4.69, 9.17) is 10.5 Å². The first-order valence-corrected chi connectivity index (χ1v) is 9.53. The summed E-state index contributed by atoms with van der Waals surface area (Å²) < 4.78 is 0. The lowest BCUT2D eigenvalue weighted by molar-refractivity contribution is 0.229. The zero-order valence-corrected chi connectivity index (χ0v) is 14.2. The molecular formula is C21H28N2. The van der Waals surface area contributed by atoms with E-state index in [0.717, 1.165) is 30.3 Å². The first-order valence-electron chi connectivity index (χ1n) is 9.53. The first kappa shape index (κ1) is 16.3. The van der Waals surface area contributed by atoms with Crippen LogP contribution in [0.2, 0.25) is 0 Å². The van der Waals surface area contributed by atoms with Crippen molar-refractivity contribution in [2.75, 3.05) is 0 Å².